The number of rotatable bonds is 4. The van der Waals surface area contributed by atoms with Crippen LogP contribution < -0.4 is 9.92 Å². The second kappa shape index (κ2) is 5.32. The Morgan fingerprint density at radius 2 is 1.58 bits per heavy atom. The molecular formula is C14H12F2O2Si. The topological polar surface area (TPSA) is 26.3 Å². The van der Waals surface area contributed by atoms with E-state index in [1.165, 1.54) is 55.6 Å². The highest BCUT2D eigenvalue weighted by Crippen LogP contribution is 2.18. The summed E-state index contributed by atoms with van der Waals surface area (Å²) in [6, 6.07) is 13.0. The maximum atomic E-state index is 14.2. The van der Waals surface area contributed by atoms with Gasteiger partial charge in [-0.05, 0) is 24.3 Å². The number of carbonyl (C=O) groups excluding carboxylic acids is 1. The van der Waals surface area contributed by atoms with Crippen LogP contribution in [0.4, 0.5) is 8.22 Å². The molecule has 2 aromatic rings. The molecule has 0 saturated carbocycles. The van der Waals surface area contributed by atoms with E-state index < -0.39 is 14.1 Å². The third-order valence-corrected chi connectivity index (χ3v) is 4.69. The molecule has 0 aliphatic heterocycles. The molecule has 0 amide bonds. The van der Waals surface area contributed by atoms with E-state index in [9.17, 15) is 13.0 Å². The van der Waals surface area contributed by atoms with Crippen LogP contribution in [0.2, 0.25) is 0 Å². The Bertz CT molecular complexity index is 568. The van der Waals surface area contributed by atoms with Gasteiger partial charge < -0.3 is 4.74 Å². The van der Waals surface area contributed by atoms with Crippen molar-refractivity contribution in [1.82, 2.24) is 0 Å². The van der Waals surface area contributed by atoms with Gasteiger partial charge >= 0.3 is 8.74 Å². The highest BCUT2D eigenvalue weighted by molar-refractivity contribution is 7.07. The fourth-order valence-corrected chi connectivity index (χ4v) is 3.10. The molecule has 0 atom stereocenters. The lowest BCUT2D eigenvalue weighted by Gasteiger charge is -2.12. The van der Waals surface area contributed by atoms with Crippen molar-refractivity contribution >= 4 is 19.3 Å². The minimum Gasteiger partial charge on any atom is -0.497 e. The molecule has 98 valence electrons. The quantitative estimate of drug-likeness (QED) is 0.635. The number of hydrogen-bond acceptors (Lipinski definition) is 2. The van der Waals surface area contributed by atoms with Gasteiger partial charge in [-0.2, -0.15) is 0 Å². The van der Waals surface area contributed by atoms with Crippen LogP contribution >= 0.6 is 0 Å². The summed E-state index contributed by atoms with van der Waals surface area (Å²) in [7, 11) is -3.65. The third kappa shape index (κ3) is 2.71. The summed E-state index contributed by atoms with van der Waals surface area (Å²) in [6.45, 7) is 0. The fraction of sp³-hybridized carbons (Fsp3) is 0.0714. The standard InChI is InChI=1S/C14H12F2O2Si/c1-18-12-9-7-11(8-10-12)14(17)19(15,16)13-5-3-2-4-6-13/h2-10H,1H3. The van der Waals surface area contributed by atoms with Gasteiger partial charge in [0.2, 0.25) is 5.41 Å². The van der Waals surface area contributed by atoms with E-state index in [1.807, 2.05) is 0 Å². The van der Waals surface area contributed by atoms with Gasteiger partial charge in [0.05, 0.1) is 7.11 Å². The number of halogens is 2. The van der Waals surface area contributed by atoms with Gasteiger partial charge in [0.15, 0.2) is 0 Å². The Labute approximate surface area is 111 Å². The van der Waals surface area contributed by atoms with Gasteiger partial charge in [0.1, 0.15) is 5.75 Å². The van der Waals surface area contributed by atoms with Gasteiger partial charge in [-0.3, -0.25) is 13.0 Å². The van der Waals surface area contributed by atoms with E-state index in [-0.39, 0.29) is 10.8 Å². The van der Waals surface area contributed by atoms with Crippen molar-refractivity contribution in [2.45, 2.75) is 0 Å². The van der Waals surface area contributed by atoms with Crippen molar-refractivity contribution in [3.63, 3.8) is 0 Å². The average molecular weight is 278 g/mol. The molecule has 0 radical (unpaired) electrons. The van der Waals surface area contributed by atoms with Crippen LogP contribution in [0.3, 0.4) is 0 Å². The predicted molar refractivity (Wildman–Crippen MR) is 71.4 cm³/mol. The van der Waals surface area contributed by atoms with Crippen LogP contribution in [0.15, 0.2) is 54.6 Å². The molecule has 2 aromatic carbocycles. The Balaban J connectivity index is 2.32. The maximum absolute atomic E-state index is 14.2. The zero-order valence-electron chi connectivity index (χ0n) is 10.3. The van der Waals surface area contributed by atoms with E-state index in [0.717, 1.165) is 0 Å². The minimum absolute atomic E-state index is 0.0151. The van der Waals surface area contributed by atoms with Crippen LogP contribution in [0.25, 0.3) is 0 Å². The first kappa shape index (κ1) is 13.4. The summed E-state index contributed by atoms with van der Waals surface area (Å²) >= 11 is 0. The third-order valence-electron chi connectivity index (χ3n) is 2.77. The Morgan fingerprint density at radius 1 is 1.00 bits per heavy atom. The first-order valence-electron chi connectivity index (χ1n) is 5.68. The monoisotopic (exact) mass is 278 g/mol. The van der Waals surface area contributed by atoms with Gasteiger partial charge in [-0.1, -0.05) is 30.3 Å². The summed E-state index contributed by atoms with van der Waals surface area (Å²) in [5, 5.41) is -1.25. The first-order valence-corrected chi connectivity index (χ1v) is 7.43. The molecular weight excluding hydrogens is 266 g/mol. The summed E-state index contributed by atoms with van der Waals surface area (Å²) in [4.78, 5) is 11.9. The number of hydrogen-bond donors (Lipinski definition) is 0. The molecule has 5 heteroatoms. The second-order valence-electron chi connectivity index (χ2n) is 4.00. The highest BCUT2D eigenvalue weighted by atomic mass is 28.4. The predicted octanol–water partition coefficient (Wildman–Crippen LogP) is 2.71. The van der Waals surface area contributed by atoms with Crippen molar-refractivity contribution in [3.05, 3.63) is 60.2 Å². The normalized spacial score (nSPS) is 11.1. The van der Waals surface area contributed by atoms with Gasteiger partial charge in [0, 0.05) is 10.8 Å². The number of benzene rings is 2. The summed E-state index contributed by atoms with van der Waals surface area (Å²) in [5.41, 5.74) is 0.0151. The highest BCUT2D eigenvalue weighted by Gasteiger charge is 2.47. The Kier molecular flexibility index (Phi) is 3.76. The molecule has 0 aliphatic rings. The SMILES string of the molecule is COc1ccc(C(=O)[Si](F)(F)c2ccccc2)cc1. The van der Waals surface area contributed by atoms with Gasteiger partial charge in [-0.25, -0.2) is 0 Å². The van der Waals surface area contributed by atoms with Crippen molar-refractivity contribution < 1.29 is 17.7 Å². The van der Waals surface area contributed by atoms with E-state index in [4.69, 9.17) is 4.74 Å². The van der Waals surface area contributed by atoms with E-state index >= 15 is 0 Å². The summed E-state index contributed by atoms with van der Waals surface area (Å²) in [6.07, 6.45) is 0. The summed E-state index contributed by atoms with van der Waals surface area (Å²) < 4.78 is 33.3. The van der Waals surface area contributed by atoms with E-state index in [1.54, 1.807) is 6.07 Å². The molecule has 0 fully saturated rings. The lowest BCUT2D eigenvalue weighted by atomic mass is 10.2. The smallest absolute Gasteiger partial charge is 0.497 e. The molecule has 0 saturated heterocycles. The molecule has 0 aromatic heterocycles. The van der Waals surface area contributed by atoms with E-state index in [2.05, 4.69) is 0 Å². The van der Waals surface area contributed by atoms with Crippen LogP contribution in [-0.2, 0) is 0 Å². The van der Waals surface area contributed by atoms with Gasteiger partial charge in [-0.15, -0.1) is 0 Å². The van der Waals surface area contributed by atoms with Crippen LogP contribution in [-0.4, -0.2) is 21.3 Å². The molecule has 0 aliphatic carbocycles. The van der Waals surface area contributed by atoms with Crippen molar-refractivity contribution in [2.75, 3.05) is 7.11 Å². The molecule has 2 rings (SSSR count). The molecule has 2 nitrogen and oxygen atoms in total. The van der Waals surface area contributed by atoms with E-state index in [0.29, 0.717) is 5.75 Å². The Hall–Kier alpha value is -2.01. The molecule has 0 N–H and O–H groups in total. The lowest BCUT2D eigenvalue weighted by molar-refractivity contribution is 0.104. The van der Waals surface area contributed by atoms with Crippen molar-refractivity contribution in [2.24, 2.45) is 0 Å². The summed E-state index contributed by atoms with van der Waals surface area (Å²) in [5.74, 6) is 0.529. The van der Waals surface area contributed by atoms with Crippen molar-refractivity contribution in [1.29, 1.82) is 0 Å². The minimum atomic E-state index is -5.13. The molecule has 0 spiro atoms. The van der Waals surface area contributed by atoms with Crippen molar-refractivity contribution in [3.8, 4) is 5.75 Å². The first-order chi connectivity index (χ1) is 9.05. The maximum Gasteiger partial charge on any atom is 0.526 e. The lowest BCUT2D eigenvalue weighted by Crippen LogP contribution is -2.47. The number of methoxy groups -OCH3 is 1. The zero-order valence-corrected chi connectivity index (χ0v) is 11.3. The average Bonchev–Trinajstić information content (AvgIpc) is 2.47. The number of carbonyl (C=O) groups is 1. The second-order valence-corrected chi connectivity index (χ2v) is 6.18. The molecule has 0 bridgehead atoms. The van der Waals surface area contributed by atoms with Crippen LogP contribution in [0, 0.1) is 0 Å². The molecule has 0 heterocycles. The number of ether oxygens (including phenoxy) is 1. The van der Waals surface area contributed by atoms with Crippen LogP contribution in [0.5, 0.6) is 5.75 Å². The molecule has 0 unspecified atom stereocenters. The largest absolute Gasteiger partial charge is 0.526 e. The fourth-order valence-electron chi connectivity index (χ4n) is 1.70. The van der Waals surface area contributed by atoms with Gasteiger partial charge in [0.25, 0.3) is 0 Å². The zero-order chi connectivity index (χ0) is 13.9. The molecule has 19 heavy (non-hydrogen) atoms. The Morgan fingerprint density at radius 3 is 2.11 bits per heavy atom. The van der Waals surface area contributed by atoms with Crippen LogP contribution in [0.1, 0.15) is 10.4 Å².